The van der Waals surface area contributed by atoms with Crippen molar-refractivity contribution in [3.05, 3.63) is 64.1 Å². The Morgan fingerprint density at radius 2 is 1.58 bits per heavy atom. The van der Waals surface area contributed by atoms with Crippen LogP contribution in [0.1, 0.15) is 5.56 Å². The summed E-state index contributed by atoms with van der Waals surface area (Å²) in [5.41, 5.74) is 1.27. The highest BCUT2D eigenvalue weighted by molar-refractivity contribution is 6.32. The van der Waals surface area contributed by atoms with E-state index in [4.69, 9.17) is 27.9 Å². The van der Waals surface area contributed by atoms with E-state index in [0.717, 1.165) is 37.7 Å². The van der Waals surface area contributed by atoms with E-state index in [9.17, 15) is 5.11 Å². The van der Waals surface area contributed by atoms with Crippen molar-refractivity contribution >= 4 is 23.2 Å². The number of para-hydroxylation sites is 1. The summed E-state index contributed by atoms with van der Waals surface area (Å²) in [4.78, 5) is 4.70. The van der Waals surface area contributed by atoms with Crippen LogP contribution in [0.3, 0.4) is 0 Å². The molecule has 26 heavy (non-hydrogen) atoms. The Labute approximate surface area is 164 Å². The fourth-order valence-electron chi connectivity index (χ4n) is 3.08. The third-order valence-electron chi connectivity index (χ3n) is 4.52. The molecule has 1 atom stereocenters. The lowest BCUT2D eigenvalue weighted by Crippen LogP contribution is -2.48. The first kappa shape index (κ1) is 19.5. The summed E-state index contributed by atoms with van der Waals surface area (Å²) in [7, 11) is 0. The number of aliphatic hydroxyl groups excluding tert-OH is 1. The lowest BCUT2D eigenvalue weighted by Gasteiger charge is -2.35. The lowest BCUT2D eigenvalue weighted by molar-refractivity contribution is 0.0446. The Bertz CT molecular complexity index is 688. The third-order valence-corrected chi connectivity index (χ3v) is 5.09. The minimum atomic E-state index is -0.533. The number of rotatable bonds is 7. The first-order valence-corrected chi connectivity index (χ1v) is 9.60. The van der Waals surface area contributed by atoms with Gasteiger partial charge in [0.15, 0.2) is 0 Å². The first-order valence-electron chi connectivity index (χ1n) is 8.85. The van der Waals surface area contributed by atoms with Gasteiger partial charge in [0.1, 0.15) is 18.5 Å². The topological polar surface area (TPSA) is 35.9 Å². The molecule has 1 fully saturated rings. The van der Waals surface area contributed by atoms with Crippen LogP contribution in [0.25, 0.3) is 0 Å². The van der Waals surface area contributed by atoms with E-state index in [2.05, 4.69) is 21.9 Å². The quantitative estimate of drug-likeness (QED) is 0.778. The summed E-state index contributed by atoms with van der Waals surface area (Å²) in [6.07, 6.45) is -0.533. The number of piperazine rings is 1. The molecule has 1 saturated heterocycles. The molecule has 0 amide bonds. The predicted octanol–water partition coefficient (Wildman–Crippen LogP) is 3.55. The van der Waals surface area contributed by atoms with Crippen LogP contribution in [0, 0.1) is 0 Å². The highest BCUT2D eigenvalue weighted by Gasteiger charge is 2.19. The molecule has 0 aromatic heterocycles. The van der Waals surface area contributed by atoms with Crippen LogP contribution in [0.15, 0.2) is 48.5 Å². The molecular weight excluding hydrogens is 371 g/mol. The molecule has 1 aliphatic heterocycles. The minimum absolute atomic E-state index is 0.245. The Kier molecular flexibility index (Phi) is 7.17. The van der Waals surface area contributed by atoms with Gasteiger partial charge in [-0.15, -0.1) is 0 Å². The molecular formula is C20H24Cl2N2O2. The molecule has 0 bridgehead atoms. The van der Waals surface area contributed by atoms with Crippen molar-refractivity contribution in [1.29, 1.82) is 0 Å². The maximum Gasteiger partial charge on any atom is 0.138 e. The molecule has 0 spiro atoms. The van der Waals surface area contributed by atoms with Gasteiger partial charge >= 0.3 is 0 Å². The number of nitrogens with zero attached hydrogens (tertiary/aromatic N) is 2. The van der Waals surface area contributed by atoms with Gasteiger partial charge < -0.3 is 9.84 Å². The summed E-state index contributed by atoms with van der Waals surface area (Å²) in [6, 6.07) is 15.3. The molecule has 2 aromatic rings. The highest BCUT2D eigenvalue weighted by Crippen LogP contribution is 2.23. The van der Waals surface area contributed by atoms with Gasteiger partial charge in [0.25, 0.3) is 0 Å². The zero-order chi connectivity index (χ0) is 18.4. The number of hydrogen-bond acceptors (Lipinski definition) is 4. The maximum atomic E-state index is 10.2. The van der Waals surface area contributed by atoms with Crippen LogP contribution < -0.4 is 4.74 Å². The van der Waals surface area contributed by atoms with E-state index >= 15 is 0 Å². The molecule has 0 unspecified atom stereocenters. The monoisotopic (exact) mass is 394 g/mol. The molecule has 1 heterocycles. The molecule has 1 aliphatic rings. The van der Waals surface area contributed by atoms with Crippen LogP contribution in [0.5, 0.6) is 5.75 Å². The van der Waals surface area contributed by atoms with Gasteiger partial charge in [-0.1, -0.05) is 47.5 Å². The van der Waals surface area contributed by atoms with Crippen molar-refractivity contribution in [2.75, 3.05) is 39.3 Å². The minimum Gasteiger partial charge on any atom is -0.489 e. The Hall–Kier alpha value is -1.30. The van der Waals surface area contributed by atoms with E-state index in [-0.39, 0.29) is 6.61 Å². The Morgan fingerprint density at radius 1 is 0.923 bits per heavy atom. The molecule has 1 N–H and O–H groups in total. The zero-order valence-corrected chi connectivity index (χ0v) is 16.2. The van der Waals surface area contributed by atoms with E-state index in [1.807, 2.05) is 30.3 Å². The number of benzene rings is 2. The number of aliphatic hydroxyl groups is 1. The second-order valence-electron chi connectivity index (χ2n) is 6.60. The van der Waals surface area contributed by atoms with Gasteiger partial charge in [0, 0.05) is 44.3 Å². The Morgan fingerprint density at radius 3 is 2.27 bits per heavy atom. The van der Waals surface area contributed by atoms with Gasteiger partial charge in [0.2, 0.25) is 0 Å². The van der Waals surface area contributed by atoms with Gasteiger partial charge in [-0.2, -0.15) is 0 Å². The number of β-amino-alcohol motifs (C(OH)–C–C–N with tert-alkyl or cyclic N) is 1. The molecule has 0 saturated carbocycles. The molecule has 0 radical (unpaired) electrons. The molecule has 140 valence electrons. The van der Waals surface area contributed by atoms with Crippen LogP contribution in [-0.2, 0) is 6.54 Å². The number of ether oxygens (including phenoxy) is 1. The molecule has 0 aliphatic carbocycles. The molecule has 6 heteroatoms. The van der Waals surface area contributed by atoms with Crippen molar-refractivity contribution in [3.63, 3.8) is 0 Å². The van der Waals surface area contributed by atoms with Crippen molar-refractivity contribution in [3.8, 4) is 5.75 Å². The fraction of sp³-hybridized carbons (Fsp3) is 0.400. The van der Waals surface area contributed by atoms with Crippen LogP contribution in [-0.4, -0.2) is 60.3 Å². The average molecular weight is 395 g/mol. The smallest absolute Gasteiger partial charge is 0.138 e. The standard InChI is InChI=1S/C20H24Cl2N2O2/c21-17-7-5-16(6-8-17)13-23-9-11-24(12-10-23)14-18(25)15-26-20-4-2-1-3-19(20)22/h1-8,18,25H,9-15H2/t18-/m0/s1. The average Bonchev–Trinajstić information content (AvgIpc) is 2.64. The fourth-order valence-corrected chi connectivity index (χ4v) is 3.39. The lowest BCUT2D eigenvalue weighted by atomic mass is 10.2. The number of halogens is 2. The van der Waals surface area contributed by atoms with Crippen LogP contribution >= 0.6 is 23.2 Å². The van der Waals surface area contributed by atoms with E-state index in [1.165, 1.54) is 5.56 Å². The zero-order valence-electron chi connectivity index (χ0n) is 14.7. The summed E-state index contributed by atoms with van der Waals surface area (Å²) in [5, 5.41) is 11.6. The van der Waals surface area contributed by atoms with Gasteiger partial charge in [0.05, 0.1) is 5.02 Å². The van der Waals surface area contributed by atoms with Gasteiger partial charge in [-0.3, -0.25) is 9.80 Å². The van der Waals surface area contributed by atoms with E-state index in [1.54, 1.807) is 6.07 Å². The van der Waals surface area contributed by atoms with Crippen molar-refractivity contribution < 1.29 is 9.84 Å². The van der Waals surface area contributed by atoms with E-state index in [0.29, 0.717) is 17.3 Å². The van der Waals surface area contributed by atoms with Gasteiger partial charge in [-0.25, -0.2) is 0 Å². The summed E-state index contributed by atoms with van der Waals surface area (Å²) < 4.78 is 5.62. The molecule has 2 aromatic carbocycles. The molecule has 4 nitrogen and oxygen atoms in total. The van der Waals surface area contributed by atoms with Crippen molar-refractivity contribution in [1.82, 2.24) is 9.80 Å². The number of hydrogen-bond donors (Lipinski definition) is 1. The predicted molar refractivity (Wildman–Crippen MR) is 106 cm³/mol. The normalized spacial score (nSPS) is 17.2. The van der Waals surface area contributed by atoms with Gasteiger partial charge in [-0.05, 0) is 29.8 Å². The third kappa shape index (κ3) is 5.86. The highest BCUT2D eigenvalue weighted by atomic mass is 35.5. The SMILES string of the molecule is O[C@H](COc1ccccc1Cl)CN1CCN(Cc2ccc(Cl)cc2)CC1. The Balaban J connectivity index is 1.38. The summed E-state index contributed by atoms with van der Waals surface area (Å²) in [5.74, 6) is 0.612. The second kappa shape index (κ2) is 9.58. The maximum absolute atomic E-state index is 10.2. The molecule has 3 rings (SSSR count). The van der Waals surface area contributed by atoms with Crippen molar-refractivity contribution in [2.24, 2.45) is 0 Å². The van der Waals surface area contributed by atoms with E-state index < -0.39 is 6.10 Å². The van der Waals surface area contributed by atoms with Crippen LogP contribution in [0.4, 0.5) is 0 Å². The second-order valence-corrected chi connectivity index (χ2v) is 7.44. The van der Waals surface area contributed by atoms with Crippen molar-refractivity contribution in [2.45, 2.75) is 12.6 Å². The summed E-state index contributed by atoms with van der Waals surface area (Å²) in [6.45, 7) is 5.64. The largest absolute Gasteiger partial charge is 0.489 e. The summed E-state index contributed by atoms with van der Waals surface area (Å²) >= 11 is 12.0. The first-order chi connectivity index (χ1) is 12.6. The van der Waals surface area contributed by atoms with Crippen LogP contribution in [0.2, 0.25) is 10.0 Å².